The highest BCUT2D eigenvalue weighted by Gasteiger charge is 2.44. The maximum atomic E-state index is 9.64. The van der Waals surface area contributed by atoms with Crippen LogP contribution in [0.4, 0.5) is 0 Å². The van der Waals surface area contributed by atoms with Gasteiger partial charge < -0.3 is 29.9 Å². The van der Waals surface area contributed by atoms with Gasteiger partial charge in [0.2, 0.25) is 12.2 Å². The van der Waals surface area contributed by atoms with Crippen molar-refractivity contribution in [2.24, 2.45) is 0 Å². The zero-order chi connectivity index (χ0) is 12.4. The quantitative estimate of drug-likeness (QED) is 0.402. The van der Waals surface area contributed by atoms with E-state index in [9.17, 15) is 15.3 Å². The number of rotatable bonds is 3. The van der Waals surface area contributed by atoms with E-state index in [1.165, 1.54) is 12.3 Å². The summed E-state index contributed by atoms with van der Waals surface area (Å²) in [6.07, 6.45) is -4.99. The summed E-state index contributed by atoms with van der Waals surface area (Å²) in [6, 6.07) is 1.50. The zero-order valence-electron chi connectivity index (χ0n) is 8.80. The number of aliphatic hydroxyl groups is 4. The van der Waals surface area contributed by atoms with Crippen LogP contribution < -0.4 is 4.74 Å². The molecule has 1 aliphatic rings. The molecule has 2 heterocycles. The lowest BCUT2D eigenvalue weighted by Gasteiger charge is -2.39. The number of hydrogen-bond donors (Lipinski definition) is 5. The Morgan fingerprint density at radius 2 is 2.06 bits per heavy atom. The van der Waals surface area contributed by atoms with Gasteiger partial charge in [-0.1, -0.05) is 0 Å². The van der Waals surface area contributed by atoms with Crippen LogP contribution in [0, 0.1) is 0 Å². The van der Waals surface area contributed by atoms with Gasteiger partial charge in [-0.3, -0.25) is 0 Å². The number of nitrogens with one attached hydrogen (secondary N) is 1. The number of hydrogen-bond acceptors (Lipinski definition) is 7. The molecule has 17 heavy (non-hydrogen) atoms. The van der Waals surface area contributed by atoms with Crippen LogP contribution in [0.1, 0.15) is 0 Å². The minimum atomic E-state index is -1.45. The first kappa shape index (κ1) is 12.3. The summed E-state index contributed by atoms with van der Waals surface area (Å²) in [7, 11) is 0. The third kappa shape index (κ3) is 2.40. The van der Waals surface area contributed by atoms with Crippen LogP contribution >= 0.6 is 0 Å². The molecule has 5 N–H and O–H groups in total. The molecule has 1 aromatic heterocycles. The Labute approximate surface area is 96.4 Å². The summed E-state index contributed by atoms with van der Waals surface area (Å²) in [5.41, 5.74) is 0. The average molecular weight is 246 g/mol. The second kappa shape index (κ2) is 4.98. The molecule has 1 saturated heterocycles. The Kier molecular flexibility index (Phi) is 3.60. The monoisotopic (exact) mass is 246 g/mol. The Balaban J connectivity index is 2.06. The number of ether oxygens (including phenoxy) is 2. The van der Waals surface area contributed by atoms with E-state index in [0.29, 0.717) is 0 Å². The molecule has 0 radical (unpaired) electrons. The third-order valence-electron chi connectivity index (χ3n) is 2.57. The molecule has 1 fully saturated rings. The summed E-state index contributed by atoms with van der Waals surface area (Å²) in [4.78, 5) is 0. The molecule has 1 aromatic rings. The van der Waals surface area contributed by atoms with Gasteiger partial charge in [0.1, 0.15) is 24.4 Å². The summed E-state index contributed by atoms with van der Waals surface area (Å²) in [6.45, 7) is -0.492. The lowest BCUT2D eigenvalue weighted by Crippen LogP contribution is -2.60. The number of aromatic amines is 1. The molecule has 1 aliphatic heterocycles. The number of aliphatic hydroxyl groups excluding tert-OH is 4. The maximum Gasteiger partial charge on any atom is 0.231 e. The molecular formula is C9H14N2O6. The lowest BCUT2D eigenvalue weighted by atomic mass is 9.99. The molecule has 0 amide bonds. The van der Waals surface area contributed by atoms with Crippen molar-refractivity contribution in [1.82, 2.24) is 10.2 Å². The third-order valence-corrected chi connectivity index (χ3v) is 2.57. The zero-order valence-corrected chi connectivity index (χ0v) is 8.80. The second-order valence-corrected chi connectivity index (χ2v) is 3.74. The summed E-state index contributed by atoms with van der Waals surface area (Å²) >= 11 is 0. The minimum Gasteiger partial charge on any atom is -0.445 e. The molecular weight excluding hydrogens is 232 g/mol. The van der Waals surface area contributed by atoms with Crippen molar-refractivity contribution in [2.75, 3.05) is 6.61 Å². The van der Waals surface area contributed by atoms with Gasteiger partial charge in [0, 0.05) is 6.07 Å². The van der Waals surface area contributed by atoms with Crippen LogP contribution in [-0.2, 0) is 4.74 Å². The van der Waals surface area contributed by atoms with E-state index in [0.717, 1.165) is 0 Å². The first-order chi connectivity index (χ1) is 8.13. The van der Waals surface area contributed by atoms with Crippen LogP contribution in [0.2, 0.25) is 0 Å². The fourth-order valence-corrected chi connectivity index (χ4v) is 1.60. The summed E-state index contributed by atoms with van der Waals surface area (Å²) < 4.78 is 10.3. The van der Waals surface area contributed by atoms with Crippen LogP contribution in [0.5, 0.6) is 5.88 Å². The predicted molar refractivity (Wildman–Crippen MR) is 53.0 cm³/mol. The van der Waals surface area contributed by atoms with Crippen LogP contribution in [0.25, 0.3) is 0 Å². The van der Waals surface area contributed by atoms with Gasteiger partial charge in [0.15, 0.2) is 0 Å². The molecule has 0 spiro atoms. The van der Waals surface area contributed by atoms with E-state index in [-0.39, 0.29) is 5.88 Å². The SMILES string of the molecule is OC[C@H]1OC(Oc2ccn[nH]2)[C@H](O)[C@@H](O)[C@@H]1O. The molecule has 5 atom stereocenters. The molecule has 0 bridgehead atoms. The smallest absolute Gasteiger partial charge is 0.231 e. The fraction of sp³-hybridized carbons (Fsp3) is 0.667. The highest BCUT2D eigenvalue weighted by atomic mass is 16.7. The van der Waals surface area contributed by atoms with Crippen molar-refractivity contribution in [1.29, 1.82) is 0 Å². The van der Waals surface area contributed by atoms with E-state index in [1.54, 1.807) is 0 Å². The Morgan fingerprint density at radius 3 is 2.65 bits per heavy atom. The second-order valence-electron chi connectivity index (χ2n) is 3.74. The van der Waals surface area contributed by atoms with Gasteiger partial charge in [-0.05, 0) is 0 Å². The molecule has 2 rings (SSSR count). The normalized spacial score (nSPS) is 38.0. The fourth-order valence-electron chi connectivity index (χ4n) is 1.60. The van der Waals surface area contributed by atoms with Gasteiger partial charge in [0.05, 0.1) is 12.8 Å². The van der Waals surface area contributed by atoms with Crippen LogP contribution in [-0.4, -0.2) is 67.9 Å². The molecule has 1 unspecified atom stereocenters. The van der Waals surface area contributed by atoms with E-state index in [1.807, 2.05) is 0 Å². The van der Waals surface area contributed by atoms with Crippen LogP contribution in [0.15, 0.2) is 12.3 Å². The van der Waals surface area contributed by atoms with Crippen molar-refractivity contribution >= 4 is 0 Å². The lowest BCUT2D eigenvalue weighted by molar-refractivity contribution is -0.278. The van der Waals surface area contributed by atoms with E-state index < -0.39 is 37.3 Å². The first-order valence-corrected chi connectivity index (χ1v) is 5.10. The highest BCUT2D eigenvalue weighted by molar-refractivity contribution is 5.05. The maximum absolute atomic E-state index is 9.64. The molecule has 8 nitrogen and oxygen atoms in total. The molecule has 96 valence electrons. The number of nitrogens with zero attached hydrogens (tertiary/aromatic N) is 1. The predicted octanol–water partition coefficient (Wildman–Crippen LogP) is -2.41. The van der Waals surface area contributed by atoms with E-state index in [4.69, 9.17) is 14.6 Å². The van der Waals surface area contributed by atoms with E-state index >= 15 is 0 Å². The topological polar surface area (TPSA) is 128 Å². The van der Waals surface area contributed by atoms with Crippen molar-refractivity contribution in [2.45, 2.75) is 30.7 Å². The van der Waals surface area contributed by atoms with Crippen molar-refractivity contribution in [3.8, 4) is 5.88 Å². The van der Waals surface area contributed by atoms with Crippen molar-refractivity contribution in [3.63, 3.8) is 0 Å². The summed E-state index contributed by atoms with van der Waals surface area (Å²) in [5.74, 6) is 0.245. The first-order valence-electron chi connectivity index (χ1n) is 5.10. The van der Waals surface area contributed by atoms with Gasteiger partial charge in [0.25, 0.3) is 0 Å². The standard InChI is InChI=1S/C9H14N2O6/c12-3-4-6(13)7(14)8(15)9(16-4)17-5-1-2-10-11-5/h1-2,4,6-9,12-15H,3H2,(H,10,11)/t4-,6-,7+,8-,9?/m1/s1. The van der Waals surface area contributed by atoms with Crippen molar-refractivity contribution < 1.29 is 29.9 Å². The molecule has 0 aromatic carbocycles. The largest absolute Gasteiger partial charge is 0.445 e. The van der Waals surface area contributed by atoms with Crippen LogP contribution in [0.3, 0.4) is 0 Å². The van der Waals surface area contributed by atoms with Crippen molar-refractivity contribution in [3.05, 3.63) is 12.3 Å². The van der Waals surface area contributed by atoms with Gasteiger partial charge in [-0.25, -0.2) is 5.10 Å². The highest BCUT2D eigenvalue weighted by Crippen LogP contribution is 2.22. The van der Waals surface area contributed by atoms with E-state index in [2.05, 4.69) is 10.2 Å². The molecule has 0 aliphatic carbocycles. The van der Waals surface area contributed by atoms with Gasteiger partial charge >= 0.3 is 0 Å². The average Bonchev–Trinajstić information content (AvgIpc) is 2.83. The summed E-state index contributed by atoms with van der Waals surface area (Å²) in [5, 5.41) is 43.8. The number of H-pyrrole nitrogens is 1. The molecule has 0 saturated carbocycles. The van der Waals surface area contributed by atoms with Gasteiger partial charge in [-0.15, -0.1) is 0 Å². The number of aromatic nitrogens is 2. The minimum absolute atomic E-state index is 0.245. The Morgan fingerprint density at radius 1 is 1.29 bits per heavy atom. The van der Waals surface area contributed by atoms with Gasteiger partial charge in [-0.2, -0.15) is 5.10 Å². The Bertz CT molecular complexity index is 343. The molecule has 8 heteroatoms. The Hall–Kier alpha value is -1.19.